The van der Waals surface area contributed by atoms with Crippen molar-refractivity contribution in [3.05, 3.63) is 23.7 Å². The number of rotatable bonds is 4. The van der Waals surface area contributed by atoms with Gasteiger partial charge in [-0.3, -0.25) is 0 Å². The number of aromatic nitrogens is 2. The largest absolute Gasteiger partial charge is 0.398 e. The Hall–Kier alpha value is -1.16. The minimum absolute atomic E-state index is 0.207. The van der Waals surface area contributed by atoms with Crippen LogP contribution in [0.4, 0.5) is 5.69 Å². The van der Waals surface area contributed by atoms with Gasteiger partial charge in [0.1, 0.15) is 5.51 Å². The van der Waals surface area contributed by atoms with Crippen LogP contribution in [0.2, 0.25) is 0 Å². The van der Waals surface area contributed by atoms with E-state index in [0.29, 0.717) is 14.9 Å². The molecule has 6 nitrogen and oxygen atoms in total. The van der Waals surface area contributed by atoms with Crippen molar-refractivity contribution in [3.8, 4) is 0 Å². The van der Waals surface area contributed by atoms with Gasteiger partial charge in [0.25, 0.3) is 0 Å². The van der Waals surface area contributed by atoms with Gasteiger partial charge in [0, 0.05) is 24.7 Å². The summed E-state index contributed by atoms with van der Waals surface area (Å²) in [7, 11) is -0.485. The Labute approximate surface area is 119 Å². The summed E-state index contributed by atoms with van der Waals surface area (Å²) in [5.41, 5.74) is 7.97. The SMILES string of the molecule is CN(C)S(=O)(=O)c1ccc(N)c(Sc2nncs2)c1. The van der Waals surface area contributed by atoms with Crippen molar-refractivity contribution in [1.29, 1.82) is 0 Å². The van der Waals surface area contributed by atoms with Crippen LogP contribution in [0.25, 0.3) is 0 Å². The number of hydrogen-bond acceptors (Lipinski definition) is 7. The van der Waals surface area contributed by atoms with E-state index in [2.05, 4.69) is 10.2 Å². The molecule has 2 aromatic rings. The maximum Gasteiger partial charge on any atom is 0.242 e. The lowest BCUT2D eigenvalue weighted by atomic mass is 10.3. The lowest BCUT2D eigenvalue weighted by molar-refractivity contribution is 0.520. The quantitative estimate of drug-likeness (QED) is 0.860. The zero-order chi connectivity index (χ0) is 14.0. The smallest absolute Gasteiger partial charge is 0.242 e. The van der Waals surface area contributed by atoms with Gasteiger partial charge < -0.3 is 5.73 Å². The molecule has 0 fully saturated rings. The maximum atomic E-state index is 12.0. The average Bonchev–Trinajstić information content (AvgIpc) is 2.84. The summed E-state index contributed by atoms with van der Waals surface area (Å²) in [5.74, 6) is 0. The number of sulfonamides is 1. The molecule has 0 aliphatic rings. The molecule has 1 heterocycles. The first-order chi connectivity index (χ1) is 8.91. The summed E-state index contributed by atoms with van der Waals surface area (Å²) in [6.07, 6.45) is 0. The molecule has 19 heavy (non-hydrogen) atoms. The fourth-order valence-corrected chi connectivity index (χ4v) is 3.80. The van der Waals surface area contributed by atoms with Crippen LogP contribution in [-0.4, -0.2) is 37.0 Å². The zero-order valence-electron chi connectivity index (χ0n) is 10.3. The number of nitrogens with zero attached hydrogens (tertiary/aromatic N) is 3. The Kier molecular flexibility index (Phi) is 4.09. The predicted molar refractivity (Wildman–Crippen MR) is 75.8 cm³/mol. The highest BCUT2D eigenvalue weighted by Gasteiger charge is 2.18. The normalized spacial score (nSPS) is 11.9. The van der Waals surface area contributed by atoms with Gasteiger partial charge >= 0.3 is 0 Å². The molecule has 0 saturated heterocycles. The molecule has 0 bridgehead atoms. The van der Waals surface area contributed by atoms with Crippen LogP contribution in [0.3, 0.4) is 0 Å². The van der Waals surface area contributed by atoms with Crippen molar-refractivity contribution >= 4 is 38.8 Å². The van der Waals surface area contributed by atoms with Gasteiger partial charge in [-0.1, -0.05) is 23.1 Å². The fraction of sp³-hybridized carbons (Fsp3) is 0.200. The Morgan fingerprint density at radius 2 is 2.11 bits per heavy atom. The molecular weight excluding hydrogens is 304 g/mol. The summed E-state index contributed by atoms with van der Waals surface area (Å²) in [5, 5.41) is 7.62. The molecule has 102 valence electrons. The topological polar surface area (TPSA) is 89.2 Å². The highest BCUT2D eigenvalue weighted by Crippen LogP contribution is 2.34. The second kappa shape index (κ2) is 5.45. The zero-order valence-corrected chi connectivity index (χ0v) is 12.7. The highest BCUT2D eigenvalue weighted by molar-refractivity contribution is 8.01. The van der Waals surface area contributed by atoms with Crippen LogP contribution in [0, 0.1) is 0 Å². The molecule has 0 spiro atoms. The first kappa shape index (κ1) is 14.3. The minimum atomic E-state index is -3.46. The molecule has 0 aliphatic heterocycles. The lowest BCUT2D eigenvalue weighted by Crippen LogP contribution is -2.22. The number of nitrogens with two attached hydrogens (primary N) is 1. The predicted octanol–water partition coefficient (Wildman–Crippen LogP) is 1.52. The van der Waals surface area contributed by atoms with Crippen molar-refractivity contribution in [2.45, 2.75) is 14.1 Å². The highest BCUT2D eigenvalue weighted by atomic mass is 32.2. The molecule has 0 atom stereocenters. The number of benzene rings is 1. The summed E-state index contributed by atoms with van der Waals surface area (Å²) in [4.78, 5) is 0.860. The summed E-state index contributed by atoms with van der Waals surface area (Å²) in [6, 6.07) is 4.63. The van der Waals surface area contributed by atoms with Gasteiger partial charge in [0.2, 0.25) is 10.0 Å². The molecule has 1 aromatic carbocycles. The van der Waals surface area contributed by atoms with Gasteiger partial charge in [0.05, 0.1) is 4.90 Å². The van der Waals surface area contributed by atoms with E-state index in [9.17, 15) is 8.42 Å². The van der Waals surface area contributed by atoms with E-state index in [1.807, 2.05) is 0 Å². The molecule has 0 radical (unpaired) electrons. The van der Waals surface area contributed by atoms with Gasteiger partial charge in [-0.05, 0) is 18.2 Å². The van der Waals surface area contributed by atoms with Gasteiger partial charge in [-0.2, -0.15) is 0 Å². The molecule has 0 saturated carbocycles. The summed E-state index contributed by atoms with van der Waals surface area (Å²) >= 11 is 2.67. The third-order valence-electron chi connectivity index (χ3n) is 2.30. The Balaban J connectivity index is 2.40. The van der Waals surface area contributed by atoms with Crippen LogP contribution >= 0.6 is 23.1 Å². The van der Waals surface area contributed by atoms with E-state index in [0.717, 1.165) is 4.31 Å². The van der Waals surface area contributed by atoms with Crippen LogP contribution in [0.15, 0.2) is 37.8 Å². The molecule has 2 N–H and O–H groups in total. The standard InChI is InChI=1S/C10H12N4O2S3/c1-14(2)19(15,16)7-3-4-8(11)9(5-7)18-10-13-12-6-17-10/h3-6H,11H2,1-2H3. The van der Waals surface area contributed by atoms with Crippen LogP contribution in [0.1, 0.15) is 0 Å². The van der Waals surface area contributed by atoms with E-state index in [1.54, 1.807) is 17.6 Å². The van der Waals surface area contributed by atoms with E-state index in [-0.39, 0.29) is 4.90 Å². The molecule has 0 aliphatic carbocycles. The second-order valence-electron chi connectivity index (χ2n) is 3.79. The Morgan fingerprint density at radius 1 is 1.37 bits per heavy atom. The van der Waals surface area contributed by atoms with Crippen molar-refractivity contribution in [1.82, 2.24) is 14.5 Å². The van der Waals surface area contributed by atoms with E-state index >= 15 is 0 Å². The van der Waals surface area contributed by atoms with Crippen LogP contribution in [-0.2, 0) is 10.0 Å². The second-order valence-corrected chi connectivity index (χ2v) is 8.07. The third kappa shape index (κ3) is 3.06. The molecule has 0 unspecified atom stereocenters. The maximum absolute atomic E-state index is 12.0. The van der Waals surface area contributed by atoms with Crippen LogP contribution < -0.4 is 5.73 Å². The molecule has 9 heteroatoms. The number of nitrogen functional groups attached to an aromatic ring is 1. The van der Waals surface area contributed by atoms with Crippen molar-refractivity contribution in [2.75, 3.05) is 19.8 Å². The monoisotopic (exact) mass is 316 g/mol. The first-order valence-electron chi connectivity index (χ1n) is 5.17. The number of anilines is 1. The molecule has 2 rings (SSSR count). The van der Waals surface area contributed by atoms with Crippen molar-refractivity contribution in [2.24, 2.45) is 0 Å². The van der Waals surface area contributed by atoms with Crippen molar-refractivity contribution in [3.63, 3.8) is 0 Å². The average molecular weight is 316 g/mol. The van der Waals surface area contributed by atoms with Gasteiger partial charge in [-0.25, -0.2) is 12.7 Å². The van der Waals surface area contributed by atoms with E-state index < -0.39 is 10.0 Å². The van der Waals surface area contributed by atoms with Crippen LogP contribution in [0.5, 0.6) is 0 Å². The molecule has 0 amide bonds. The summed E-state index contributed by atoms with van der Waals surface area (Å²) < 4.78 is 26.0. The van der Waals surface area contributed by atoms with E-state index in [4.69, 9.17) is 5.73 Å². The molecule has 1 aromatic heterocycles. The minimum Gasteiger partial charge on any atom is -0.398 e. The third-order valence-corrected chi connectivity index (χ3v) is 5.96. The van der Waals surface area contributed by atoms with Gasteiger partial charge in [0.15, 0.2) is 4.34 Å². The summed E-state index contributed by atoms with van der Waals surface area (Å²) in [6.45, 7) is 0. The molecular formula is C10H12N4O2S3. The Morgan fingerprint density at radius 3 is 2.68 bits per heavy atom. The first-order valence-corrected chi connectivity index (χ1v) is 8.31. The number of hydrogen-bond donors (Lipinski definition) is 1. The van der Waals surface area contributed by atoms with E-state index in [1.165, 1.54) is 43.3 Å². The lowest BCUT2D eigenvalue weighted by Gasteiger charge is -2.12. The Bertz CT molecular complexity index is 668. The van der Waals surface area contributed by atoms with Gasteiger partial charge in [-0.15, -0.1) is 10.2 Å². The van der Waals surface area contributed by atoms with Crippen molar-refractivity contribution < 1.29 is 8.42 Å². The fourth-order valence-electron chi connectivity index (χ4n) is 1.28.